The molecule has 1 atom stereocenters. The lowest BCUT2D eigenvalue weighted by Crippen LogP contribution is -2.14. The maximum absolute atomic E-state index is 4.70. The molecule has 3 heteroatoms. The molecule has 2 aromatic rings. The topological polar surface area (TPSA) is 29.9 Å². The van der Waals surface area contributed by atoms with Crippen molar-refractivity contribution in [3.8, 4) is 5.69 Å². The van der Waals surface area contributed by atoms with Crippen LogP contribution in [0.1, 0.15) is 35.8 Å². The number of rotatable bonds is 2. The molecule has 0 bridgehead atoms. The largest absolute Gasteiger partial charge is 0.310 e. The second-order valence-corrected chi connectivity index (χ2v) is 4.98. The first-order chi connectivity index (χ1) is 8.77. The molecule has 3 rings (SSSR count). The second kappa shape index (κ2) is 4.58. The van der Waals surface area contributed by atoms with Crippen molar-refractivity contribution in [2.24, 2.45) is 0 Å². The fourth-order valence-electron chi connectivity index (χ4n) is 2.91. The van der Waals surface area contributed by atoms with Crippen LogP contribution in [0.3, 0.4) is 0 Å². The van der Waals surface area contributed by atoms with Crippen molar-refractivity contribution in [3.63, 3.8) is 0 Å². The average Bonchev–Trinajstić information content (AvgIpc) is 2.99. The molecule has 0 radical (unpaired) electrons. The molecule has 94 valence electrons. The summed E-state index contributed by atoms with van der Waals surface area (Å²) in [5, 5.41) is 8.27. The van der Waals surface area contributed by atoms with Crippen LogP contribution in [0.5, 0.6) is 0 Å². The summed E-state index contributed by atoms with van der Waals surface area (Å²) in [6, 6.07) is 10.8. The van der Waals surface area contributed by atoms with E-state index in [-0.39, 0.29) is 0 Å². The van der Waals surface area contributed by atoms with Gasteiger partial charge in [-0.05, 0) is 45.4 Å². The zero-order valence-electron chi connectivity index (χ0n) is 11.0. The van der Waals surface area contributed by atoms with Gasteiger partial charge < -0.3 is 5.32 Å². The number of benzene rings is 1. The first-order valence-electron chi connectivity index (χ1n) is 6.62. The molecule has 18 heavy (non-hydrogen) atoms. The summed E-state index contributed by atoms with van der Waals surface area (Å²) in [6.45, 7) is 5.41. The maximum Gasteiger partial charge on any atom is 0.0648 e. The van der Waals surface area contributed by atoms with E-state index in [2.05, 4.69) is 48.1 Å². The van der Waals surface area contributed by atoms with Crippen LogP contribution in [-0.2, 0) is 0 Å². The van der Waals surface area contributed by atoms with Crippen molar-refractivity contribution >= 4 is 0 Å². The van der Waals surface area contributed by atoms with Crippen LogP contribution >= 0.6 is 0 Å². The van der Waals surface area contributed by atoms with E-state index in [0.29, 0.717) is 6.04 Å². The third-order valence-corrected chi connectivity index (χ3v) is 3.76. The first-order valence-corrected chi connectivity index (χ1v) is 6.62. The molecule has 0 unspecified atom stereocenters. The lowest BCUT2D eigenvalue weighted by Gasteiger charge is -2.11. The van der Waals surface area contributed by atoms with Crippen LogP contribution in [0.15, 0.2) is 30.3 Å². The molecule has 1 aromatic carbocycles. The van der Waals surface area contributed by atoms with Gasteiger partial charge in [0.15, 0.2) is 0 Å². The van der Waals surface area contributed by atoms with Crippen molar-refractivity contribution < 1.29 is 0 Å². The van der Waals surface area contributed by atoms with E-state index >= 15 is 0 Å². The van der Waals surface area contributed by atoms with Gasteiger partial charge in [-0.15, -0.1) is 0 Å². The summed E-state index contributed by atoms with van der Waals surface area (Å²) in [5.74, 6) is 0. The minimum absolute atomic E-state index is 0.488. The fourth-order valence-corrected chi connectivity index (χ4v) is 2.91. The van der Waals surface area contributed by atoms with Gasteiger partial charge in [0.05, 0.1) is 11.4 Å². The van der Waals surface area contributed by atoms with Gasteiger partial charge >= 0.3 is 0 Å². The Morgan fingerprint density at radius 2 is 2.00 bits per heavy atom. The Balaban J connectivity index is 2.05. The van der Waals surface area contributed by atoms with Crippen LogP contribution in [0.2, 0.25) is 0 Å². The van der Waals surface area contributed by atoms with Gasteiger partial charge in [0.2, 0.25) is 0 Å². The Morgan fingerprint density at radius 3 is 2.67 bits per heavy atom. The van der Waals surface area contributed by atoms with E-state index in [1.54, 1.807) is 0 Å². The highest BCUT2D eigenvalue weighted by Gasteiger charge is 2.23. The third kappa shape index (κ3) is 1.85. The van der Waals surface area contributed by atoms with Crippen LogP contribution < -0.4 is 5.32 Å². The molecule has 1 fully saturated rings. The summed E-state index contributed by atoms with van der Waals surface area (Å²) in [6.07, 6.45) is 2.49. The molecule has 3 nitrogen and oxygen atoms in total. The van der Waals surface area contributed by atoms with Crippen LogP contribution in [0, 0.1) is 13.8 Å². The summed E-state index contributed by atoms with van der Waals surface area (Å²) in [5.41, 5.74) is 4.94. The zero-order chi connectivity index (χ0) is 12.5. The predicted molar refractivity (Wildman–Crippen MR) is 73.0 cm³/mol. The van der Waals surface area contributed by atoms with Crippen LogP contribution in [0.4, 0.5) is 0 Å². The van der Waals surface area contributed by atoms with Gasteiger partial charge in [-0.3, -0.25) is 0 Å². The predicted octanol–water partition coefficient (Wildman–Crippen LogP) is 2.91. The van der Waals surface area contributed by atoms with Crippen molar-refractivity contribution in [3.05, 3.63) is 47.3 Å². The SMILES string of the molecule is Cc1nn(-c2ccccc2)c(C)c1[C@H]1CCCN1. The second-order valence-electron chi connectivity index (χ2n) is 4.98. The summed E-state index contributed by atoms with van der Waals surface area (Å²) in [7, 11) is 0. The first kappa shape index (κ1) is 11.5. The monoisotopic (exact) mass is 241 g/mol. The molecule has 1 aliphatic rings. The Kier molecular flexibility index (Phi) is 2.92. The maximum atomic E-state index is 4.70. The van der Waals surface area contributed by atoms with Gasteiger partial charge in [-0.1, -0.05) is 18.2 Å². The Morgan fingerprint density at radius 1 is 1.22 bits per heavy atom. The lowest BCUT2D eigenvalue weighted by molar-refractivity contribution is 0.639. The molecule has 1 aromatic heterocycles. The van der Waals surface area contributed by atoms with Crippen LogP contribution in [-0.4, -0.2) is 16.3 Å². The number of hydrogen-bond donors (Lipinski definition) is 1. The van der Waals surface area contributed by atoms with Crippen molar-refractivity contribution in [1.82, 2.24) is 15.1 Å². The summed E-state index contributed by atoms with van der Waals surface area (Å²) >= 11 is 0. The van der Waals surface area contributed by atoms with Gasteiger partial charge in [0, 0.05) is 17.3 Å². The molecule has 0 spiro atoms. The number of aryl methyl sites for hydroxylation is 1. The minimum atomic E-state index is 0.488. The van der Waals surface area contributed by atoms with Crippen molar-refractivity contribution in [2.45, 2.75) is 32.7 Å². The Hall–Kier alpha value is -1.61. The zero-order valence-corrected chi connectivity index (χ0v) is 11.0. The standard InChI is InChI=1S/C15H19N3/c1-11-15(14-9-6-10-16-14)12(2)18(17-11)13-7-4-3-5-8-13/h3-5,7-8,14,16H,6,9-10H2,1-2H3/t14-/m1/s1. The number of nitrogens with one attached hydrogen (secondary N) is 1. The number of nitrogens with zero attached hydrogens (tertiary/aromatic N) is 2. The Labute approximate surface area is 108 Å². The highest BCUT2D eigenvalue weighted by molar-refractivity contribution is 5.38. The number of hydrogen-bond acceptors (Lipinski definition) is 2. The van der Waals surface area contributed by atoms with E-state index < -0.39 is 0 Å². The van der Waals surface area contributed by atoms with E-state index in [1.807, 2.05) is 6.07 Å². The molecular weight excluding hydrogens is 222 g/mol. The molecule has 0 saturated carbocycles. The van der Waals surface area contributed by atoms with Gasteiger partial charge in [0.1, 0.15) is 0 Å². The third-order valence-electron chi connectivity index (χ3n) is 3.76. The molecule has 0 aliphatic carbocycles. The van der Waals surface area contributed by atoms with E-state index in [4.69, 9.17) is 5.10 Å². The highest BCUT2D eigenvalue weighted by atomic mass is 15.3. The van der Waals surface area contributed by atoms with Crippen molar-refractivity contribution in [2.75, 3.05) is 6.54 Å². The minimum Gasteiger partial charge on any atom is -0.310 e. The average molecular weight is 241 g/mol. The Bertz CT molecular complexity index is 536. The smallest absolute Gasteiger partial charge is 0.0648 e. The quantitative estimate of drug-likeness (QED) is 0.876. The molecular formula is C15H19N3. The molecule has 1 aliphatic heterocycles. The number of aromatic nitrogens is 2. The van der Waals surface area contributed by atoms with Crippen molar-refractivity contribution in [1.29, 1.82) is 0 Å². The molecule has 0 amide bonds. The molecule has 2 heterocycles. The van der Waals surface area contributed by atoms with E-state index in [0.717, 1.165) is 17.9 Å². The lowest BCUT2D eigenvalue weighted by atomic mass is 10.0. The van der Waals surface area contributed by atoms with Crippen LogP contribution in [0.25, 0.3) is 5.69 Å². The number of para-hydroxylation sites is 1. The fraction of sp³-hybridized carbons (Fsp3) is 0.400. The van der Waals surface area contributed by atoms with Gasteiger partial charge in [-0.25, -0.2) is 4.68 Å². The van der Waals surface area contributed by atoms with Gasteiger partial charge in [-0.2, -0.15) is 5.10 Å². The summed E-state index contributed by atoms with van der Waals surface area (Å²) < 4.78 is 2.06. The molecule has 1 N–H and O–H groups in total. The normalized spacial score (nSPS) is 19.3. The van der Waals surface area contributed by atoms with E-state index in [1.165, 1.54) is 24.1 Å². The molecule has 1 saturated heterocycles. The summed E-state index contributed by atoms with van der Waals surface area (Å²) in [4.78, 5) is 0. The highest BCUT2D eigenvalue weighted by Crippen LogP contribution is 2.29. The van der Waals surface area contributed by atoms with Gasteiger partial charge in [0.25, 0.3) is 0 Å². The van der Waals surface area contributed by atoms with E-state index in [9.17, 15) is 0 Å².